The quantitative estimate of drug-likeness (QED) is 0.115. The molecule has 20 heteroatoms. The van der Waals surface area contributed by atoms with Crippen LogP contribution in [0.4, 0.5) is 0 Å². The van der Waals surface area contributed by atoms with E-state index in [1.807, 2.05) is 83.1 Å². The minimum atomic E-state index is -0.468. The van der Waals surface area contributed by atoms with Crippen molar-refractivity contribution in [3.8, 4) is 0 Å². The third-order valence-corrected chi connectivity index (χ3v) is 11.4. The standard InChI is InChI=1S/5C8H16O3.C5H12O3.C5H12O2/c2*1-8(2)10-4-3-7(5-9)6-11-8;3*1-8(2)10-5-7(3-4-9)6-11-8;6-2-1-5(3-7)4-8;1-5(2,6-3)7-4/h5*7,9H,3-6H2,1-2H3;5-8H,1-4H2;1-4H3. The van der Waals surface area contributed by atoms with Crippen molar-refractivity contribution in [2.75, 3.05) is 133 Å². The fourth-order valence-electron chi connectivity index (χ4n) is 5.85. The van der Waals surface area contributed by atoms with Crippen LogP contribution in [0.15, 0.2) is 0 Å². The summed E-state index contributed by atoms with van der Waals surface area (Å²) in [5, 5.41) is 68.7. The summed E-state index contributed by atoms with van der Waals surface area (Å²) < 4.78 is 63.7. The highest BCUT2D eigenvalue weighted by Crippen LogP contribution is 2.25. The van der Waals surface area contributed by atoms with Crippen LogP contribution in [0.1, 0.15) is 122 Å². The summed E-state index contributed by atoms with van der Waals surface area (Å²) >= 11 is 0. The van der Waals surface area contributed by atoms with Crippen LogP contribution in [0.2, 0.25) is 0 Å². The highest BCUT2D eigenvalue weighted by Gasteiger charge is 2.30. The fourth-order valence-corrected chi connectivity index (χ4v) is 5.85. The van der Waals surface area contributed by atoms with Gasteiger partial charge in [0.2, 0.25) is 0 Å². The molecule has 0 radical (unpaired) electrons. The molecule has 5 fully saturated rings. The van der Waals surface area contributed by atoms with Crippen LogP contribution in [-0.4, -0.2) is 209 Å². The number of rotatable bonds is 14. The van der Waals surface area contributed by atoms with Gasteiger partial charge in [0.05, 0.1) is 66.1 Å². The van der Waals surface area contributed by atoms with Gasteiger partial charge in [0.25, 0.3) is 0 Å². The van der Waals surface area contributed by atoms with E-state index in [4.69, 9.17) is 97.7 Å². The molecule has 0 aromatic heterocycles. The lowest BCUT2D eigenvalue weighted by Gasteiger charge is -2.34. The lowest BCUT2D eigenvalue weighted by Crippen LogP contribution is -2.39. The van der Waals surface area contributed by atoms with Crippen molar-refractivity contribution >= 4 is 0 Å². The zero-order valence-electron chi connectivity index (χ0n) is 45.9. The van der Waals surface area contributed by atoms with Gasteiger partial charge in [-0.3, -0.25) is 0 Å². The maximum atomic E-state index is 8.85. The monoisotopic (exact) mass is 1020 g/mol. The molecule has 0 aromatic carbocycles. The number of methoxy groups -OCH3 is 2. The molecule has 5 heterocycles. The van der Waals surface area contributed by atoms with E-state index in [1.54, 1.807) is 14.2 Å². The Morgan fingerprint density at radius 1 is 0.400 bits per heavy atom. The molecule has 0 spiro atoms. The Morgan fingerprint density at radius 2 is 0.643 bits per heavy atom. The minimum absolute atomic E-state index is 0.0335. The van der Waals surface area contributed by atoms with Crippen molar-refractivity contribution in [2.45, 2.75) is 156 Å². The van der Waals surface area contributed by atoms with Crippen LogP contribution < -0.4 is 0 Å². The van der Waals surface area contributed by atoms with Gasteiger partial charge in [0, 0.05) is 103 Å². The van der Waals surface area contributed by atoms with Crippen LogP contribution in [0.5, 0.6) is 0 Å². The van der Waals surface area contributed by atoms with E-state index in [2.05, 4.69) is 0 Å². The average molecular weight is 1030 g/mol. The van der Waals surface area contributed by atoms with E-state index in [0.717, 1.165) is 32.1 Å². The number of ether oxygens (including phenoxy) is 12. The topological polar surface area (TPSA) is 273 Å². The van der Waals surface area contributed by atoms with Crippen LogP contribution in [0.25, 0.3) is 0 Å². The maximum absolute atomic E-state index is 8.85. The third kappa shape index (κ3) is 38.7. The number of aliphatic hydroxyl groups excluding tert-OH is 8. The Labute approximate surface area is 421 Å². The second-order valence-corrected chi connectivity index (χ2v) is 20.5. The van der Waals surface area contributed by atoms with Gasteiger partial charge < -0.3 is 97.7 Å². The van der Waals surface area contributed by atoms with Gasteiger partial charge in [-0.2, -0.15) is 0 Å². The lowest BCUT2D eigenvalue weighted by molar-refractivity contribution is -0.263. The van der Waals surface area contributed by atoms with E-state index >= 15 is 0 Å². The normalized spacial score (nSPS) is 24.2. The Morgan fingerprint density at radius 3 is 0.814 bits per heavy atom. The van der Waals surface area contributed by atoms with Gasteiger partial charge in [-0.25, -0.2) is 0 Å². The average Bonchev–Trinajstić information content (AvgIpc) is 3.61. The van der Waals surface area contributed by atoms with Crippen LogP contribution >= 0.6 is 0 Å². The van der Waals surface area contributed by atoms with Crippen molar-refractivity contribution < 1.29 is 97.7 Å². The SMILES string of the molecule is CC1(C)OCC(CCO)CO1.CC1(C)OCC(CCO)CO1.CC1(C)OCC(CCO)CO1.CC1(C)OCCC(CO)CO1.CC1(C)OCCC(CO)CO1.COC(C)(C)OC.OCCC(CO)CO. The molecule has 2 atom stereocenters. The van der Waals surface area contributed by atoms with Crippen molar-refractivity contribution in [2.24, 2.45) is 35.5 Å². The first-order valence-corrected chi connectivity index (χ1v) is 25.0. The summed E-state index contributed by atoms with van der Waals surface area (Å²) in [7, 11) is 3.23. The van der Waals surface area contributed by atoms with Gasteiger partial charge in [-0.1, -0.05) is 0 Å². The highest BCUT2D eigenvalue weighted by atomic mass is 16.7. The maximum Gasteiger partial charge on any atom is 0.162 e. The molecule has 2 unspecified atom stereocenters. The minimum Gasteiger partial charge on any atom is -0.396 e. The first kappa shape index (κ1) is 71.3. The van der Waals surface area contributed by atoms with Gasteiger partial charge in [-0.15, -0.1) is 0 Å². The highest BCUT2D eigenvalue weighted by molar-refractivity contribution is 4.70. The zero-order valence-corrected chi connectivity index (χ0v) is 45.9. The predicted octanol–water partition coefficient (Wildman–Crippen LogP) is 3.82. The molecule has 8 N–H and O–H groups in total. The summed E-state index contributed by atoms with van der Waals surface area (Å²) in [6.45, 7) is 30.5. The van der Waals surface area contributed by atoms with Crippen molar-refractivity contribution in [1.29, 1.82) is 0 Å². The van der Waals surface area contributed by atoms with Crippen molar-refractivity contribution in [1.82, 2.24) is 0 Å². The predicted molar refractivity (Wildman–Crippen MR) is 263 cm³/mol. The molecule has 5 saturated heterocycles. The molecule has 5 aliphatic rings. The summed E-state index contributed by atoms with van der Waals surface area (Å²) in [5.74, 6) is -1.17. The molecular formula is C50H104O20. The largest absolute Gasteiger partial charge is 0.396 e. The summed E-state index contributed by atoms with van der Waals surface area (Å²) in [6.07, 6.45) is 4.58. The zero-order chi connectivity index (χ0) is 53.9. The molecule has 0 saturated carbocycles. The van der Waals surface area contributed by atoms with E-state index < -0.39 is 34.7 Å². The molecule has 20 nitrogen and oxygen atoms in total. The first-order chi connectivity index (χ1) is 32.7. The molecule has 0 aromatic rings. The van der Waals surface area contributed by atoms with Crippen LogP contribution in [0, 0.1) is 35.5 Å². The van der Waals surface area contributed by atoms with E-state index in [-0.39, 0.29) is 70.6 Å². The number of hydrogen-bond donors (Lipinski definition) is 8. The molecule has 5 rings (SSSR count). The van der Waals surface area contributed by atoms with E-state index in [0.29, 0.717) is 90.2 Å². The van der Waals surface area contributed by atoms with Crippen LogP contribution in [-0.2, 0) is 56.8 Å². The molecule has 0 amide bonds. The Kier molecular flexibility index (Phi) is 39.4. The Balaban J connectivity index is 0. The lowest BCUT2D eigenvalue weighted by atomic mass is 10.1. The summed E-state index contributed by atoms with van der Waals surface area (Å²) in [6, 6.07) is 0. The molecule has 424 valence electrons. The van der Waals surface area contributed by atoms with E-state index in [9.17, 15) is 0 Å². The molecule has 0 bridgehead atoms. The second kappa shape index (κ2) is 38.7. The van der Waals surface area contributed by atoms with Gasteiger partial charge >= 0.3 is 0 Å². The second-order valence-electron chi connectivity index (χ2n) is 20.5. The fraction of sp³-hybridized carbons (Fsp3) is 1.00. The number of hydrogen-bond acceptors (Lipinski definition) is 20. The van der Waals surface area contributed by atoms with Gasteiger partial charge in [0.1, 0.15) is 0 Å². The molecular weight excluding hydrogens is 921 g/mol. The first-order valence-electron chi connectivity index (χ1n) is 25.0. The van der Waals surface area contributed by atoms with Gasteiger partial charge in [0.15, 0.2) is 34.7 Å². The Hall–Kier alpha value is -0.800. The van der Waals surface area contributed by atoms with Crippen molar-refractivity contribution in [3.63, 3.8) is 0 Å². The smallest absolute Gasteiger partial charge is 0.162 e. The Bertz CT molecular complexity index is 1060. The summed E-state index contributed by atoms with van der Waals surface area (Å²) in [4.78, 5) is 0. The summed E-state index contributed by atoms with van der Waals surface area (Å²) in [5.41, 5.74) is 0. The van der Waals surface area contributed by atoms with Gasteiger partial charge in [-0.05, 0) is 122 Å². The van der Waals surface area contributed by atoms with E-state index in [1.165, 1.54) is 0 Å². The molecule has 0 aliphatic carbocycles. The van der Waals surface area contributed by atoms with Crippen LogP contribution in [0.3, 0.4) is 0 Å². The molecule has 70 heavy (non-hydrogen) atoms. The third-order valence-electron chi connectivity index (χ3n) is 11.4. The van der Waals surface area contributed by atoms with Crippen molar-refractivity contribution in [3.05, 3.63) is 0 Å². The number of aliphatic hydroxyl groups is 8. The molecule has 5 aliphatic heterocycles.